The van der Waals surface area contributed by atoms with E-state index in [0.717, 1.165) is 6.42 Å². The lowest BCUT2D eigenvalue weighted by molar-refractivity contribution is -0.122. The van der Waals surface area contributed by atoms with Crippen molar-refractivity contribution in [1.82, 2.24) is 5.09 Å². The molecular weight excluding hydrogens is 241 g/mol. The van der Waals surface area contributed by atoms with Gasteiger partial charge in [-0.15, -0.1) is 0 Å². The van der Waals surface area contributed by atoms with Crippen LogP contribution in [0.4, 0.5) is 0 Å². The van der Waals surface area contributed by atoms with Crippen molar-refractivity contribution in [2.24, 2.45) is 5.92 Å². The van der Waals surface area contributed by atoms with Gasteiger partial charge in [-0.25, -0.2) is 9.65 Å². The first-order chi connectivity index (χ1) is 7.74. The Bertz CT molecular complexity index is 279. The predicted octanol–water partition coefficient (Wildman–Crippen LogP) is 2.50. The summed E-state index contributed by atoms with van der Waals surface area (Å²) in [4.78, 5) is 20.6. The number of carbonyl (C=O) groups is 1. The predicted molar refractivity (Wildman–Crippen MR) is 67.7 cm³/mol. The highest BCUT2D eigenvalue weighted by atomic mass is 31.2. The first-order valence-corrected chi connectivity index (χ1v) is 7.61. The number of Topliss-reactive ketones (excluding diaryl/α,β-unsaturated/α-hetero) is 1. The monoisotopic (exact) mass is 265 g/mol. The molecule has 0 aromatic heterocycles. The van der Waals surface area contributed by atoms with Crippen LogP contribution in [-0.2, 0) is 13.9 Å². The number of hydrogen-bond donors (Lipinski definition) is 2. The number of rotatable bonds is 9. The fourth-order valence-electron chi connectivity index (χ4n) is 1.26. The first kappa shape index (κ1) is 16.8. The van der Waals surface area contributed by atoms with Crippen LogP contribution in [-0.4, -0.2) is 23.3 Å². The second-order valence-corrected chi connectivity index (χ2v) is 6.23. The molecule has 0 aromatic carbocycles. The van der Waals surface area contributed by atoms with Crippen molar-refractivity contribution in [2.45, 2.75) is 53.1 Å². The van der Waals surface area contributed by atoms with Crippen molar-refractivity contribution < 1.29 is 18.8 Å². The van der Waals surface area contributed by atoms with E-state index < -0.39 is 7.75 Å². The molecule has 5 nitrogen and oxygen atoms in total. The zero-order chi connectivity index (χ0) is 13.5. The number of nitrogens with one attached hydrogen (secondary N) is 1. The number of unbranched alkanes of at least 4 members (excludes halogenated alkanes) is 1. The maximum Gasteiger partial charge on any atom is 0.403 e. The molecule has 2 N–H and O–H groups in total. The zero-order valence-electron chi connectivity index (χ0n) is 11.1. The average Bonchev–Trinajstić information content (AvgIpc) is 2.14. The second-order valence-electron chi connectivity index (χ2n) is 4.66. The van der Waals surface area contributed by atoms with Gasteiger partial charge in [-0.3, -0.25) is 9.32 Å². The van der Waals surface area contributed by atoms with Crippen LogP contribution in [0.3, 0.4) is 0 Å². The molecule has 1 atom stereocenters. The fourth-order valence-corrected chi connectivity index (χ4v) is 2.34. The minimum absolute atomic E-state index is 0.0659. The van der Waals surface area contributed by atoms with Gasteiger partial charge in [0.25, 0.3) is 0 Å². The van der Waals surface area contributed by atoms with Crippen LogP contribution in [0.2, 0.25) is 0 Å². The van der Waals surface area contributed by atoms with Gasteiger partial charge < -0.3 is 4.89 Å². The molecule has 0 rings (SSSR count). The lowest BCUT2D eigenvalue weighted by Crippen LogP contribution is -2.16. The van der Waals surface area contributed by atoms with E-state index in [4.69, 9.17) is 4.52 Å². The van der Waals surface area contributed by atoms with Gasteiger partial charge in [0.2, 0.25) is 0 Å². The highest BCUT2D eigenvalue weighted by Gasteiger charge is 2.19. The molecule has 0 saturated heterocycles. The molecule has 0 amide bonds. The summed E-state index contributed by atoms with van der Waals surface area (Å²) >= 11 is 0. The number of carbonyl (C=O) groups excluding carboxylic acids is 1. The van der Waals surface area contributed by atoms with Gasteiger partial charge in [0.05, 0.1) is 6.10 Å². The van der Waals surface area contributed by atoms with Crippen LogP contribution in [0.1, 0.15) is 47.0 Å². The standard InChI is InChI=1S/C11H24NO4P/c1-9(2)11(13)7-5-6-8-12-17(14,15)16-10(3)4/h9-10H,5-8H2,1-4H3,(H2,12,14,15). The molecule has 102 valence electrons. The molecule has 6 heteroatoms. The summed E-state index contributed by atoms with van der Waals surface area (Å²) in [6.07, 6.45) is 1.65. The summed E-state index contributed by atoms with van der Waals surface area (Å²) in [5.74, 6) is 0.298. The van der Waals surface area contributed by atoms with Gasteiger partial charge in [0.15, 0.2) is 0 Å². The molecule has 0 bridgehead atoms. The van der Waals surface area contributed by atoms with Crippen molar-refractivity contribution in [3.05, 3.63) is 0 Å². The van der Waals surface area contributed by atoms with Crippen molar-refractivity contribution in [3.63, 3.8) is 0 Å². The Morgan fingerprint density at radius 1 is 1.29 bits per heavy atom. The quantitative estimate of drug-likeness (QED) is 0.495. The summed E-state index contributed by atoms with van der Waals surface area (Å²) in [6.45, 7) is 7.53. The molecule has 0 aliphatic heterocycles. The zero-order valence-corrected chi connectivity index (χ0v) is 12.0. The van der Waals surface area contributed by atoms with Crippen LogP contribution >= 0.6 is 7.75 Å². The highest BCUT2D eigenvalue weighted by Crippen LogP contribution is 2.37. The second kappa shape index (κ2) is 7.98. The van der Waals surface area contributed by atoms with E-state index in [0.29, 0.717) is 19.4 Å². The van der Waals surface area contributed by atoms with E-state index in [2.05, 4.69) is 5.09 Å². The maximum atomic E-state index is 11.4. The Hall–Kier alpha value is -0.220. The normalized spacial score (nSPS) is 15.2. The van der Waals surface area contributed by atoms with Crippen LogP contribution < -0.4 is 5.09 Å². The molecule has 0 spiro atoms. The highest BCUT2D eigenvalue weighted by molar-refractivity contribution is 7.50. The van der Waals surface area contributed by atoms with E-state index in [1.807, 2.05) is 13.8 Å². The summed E-state index contributed by atoms with van der Waals surface area (Å²) in [5, 5.41) is 2.47. The summed E-state index contributed by atoms with van der Waals surface area (Å²) in [5.41, 5.74) is 0. The van der Waals surface area contributed by atoms with Crippen molar-refractivity contribution in [3.8, 4) is 0 Å². The number of hydrogen-bond acceptors (Lipinski definition) is 3. The van der Waals surface area contributed by atoms with Crippen LogP contribution in [0.15, 0.2) is 0 Å². The van der Waals surface area contributed by atoms with E-state index in [-0.39, 0.29) is 17.8 Å². The topological polar surface area (TPSA) is 75.6 Å². The van der Waals surface area contributed by atoms with Crippen molar-refractivity contribution >= 4 is 13.5 Å². The Morgan fingerprint density at radius 3 is 2.35 bits per heavy atom. The Kier molecular flexibility index (Phi) is 7.88. The largest absolute Gasteiger partial charge is 0.403 e. The van der Waals surface area contributed by atoms with Gasteiger partial charge in [-0.1, -0.05) is 13.8 Å². The molecule has 0 radical (unpaired) electrons. The Balaban J connectivity index is 3.64. The van der Waals surface area contributed by atoms with E-state index in [1.54, 1.807) is 13.8 Å². The lowest BCUT2D eigenvalue weighted by atomic mass is 10.0. The minimum atomic E-state index is -3.67. The van der Waals surface area contributed by atoms with Crippen LogP contribution in [0.25, 0.3) is 0 Å². The fraction of sp³-hybridized carbons (Fsp3) is 0.909. The third-order valence-electron chi connectivity index (χ3n) is 2.16. The molecule has 1 unspecified atom stereocenters. The third-order valence-corrected chi connectivity index (χ3v) is 3.49. The molecule has 0 aromatic rings. The smallest absolute Gasteiger partial charge is 0.312 e. The molecular formula is C11H24NO4P. The van der Waals surface area contributed by atoms with E-state index >= 15 is 0 Å². The van der Waals surface area contributed by atoms with Gasteiger partial charge in [-0.2, -0.15) is 0 Å². The average molecular weight is 265 g/mol. The number of ketones is 1. The molecule has 17 heavy (non-hydrogen) atoms. The minimum Gasteiger partial charge on any atom is -0.312 e. The lowest BCUT2D eigenvalue weighted by Gasteiger charge is -2.15. The summed E-state index contributed by atoms with van der Waals surface area (Å²) < 4.78 is 16.2. The molecule has 0 heterocycles. The molecule has 0 aliphatic rings. The molecule has 0 aliphatic carbocycles. The van der Waals surface area contributed by atoms with Crippen molar-refractivity contribution in [1.29, 1.82) is 0 Å². The summed E-state index contributed by atoms with van der Waals surface area (Å²) in [7, 11) is -3.67. The van der Waals surface area contributed by atoms with E-state index in [9.17, 15) is 14.3 Å². The molecule has 0 saturated carbocycles. The maximum absolute atomic E-state index is 11.4. The van der Waals surface area contributed by atoms with E-state index in [1.165, 1.54) is 0 Å². The Morgan fingerprint density at radius 2 is 1.88 bits per heavy atom. The van der Waals surface area contributed by atoms with Gasteiger partial charge >= 0.3 is 7.75 Å². The first-order valence-electron chi connectivity index (χ1n) is 6.03. The SMILES string of the molecule is CC(C)OP(=O)(O)NCCCCC(=O)C(C)C. The Labute approximate surface area is 104 Å². The van der Waals surface area contributed by atoms with Crippen LogP contribution in [0.5, 0.6) is 0 Å². The van der Waals surface area contributed by atoms with Gasteiger partial charge in [0, 0.05) is 18.9 Å². The summed E-state index contributed by atoms with van der Waals surface area (Å²) in [6, 6.07) is 0. The van der Waals surface area contributed by atoms with Crippen molar-refractivity contribution in [2.75, 3.05) is 6.54 Å². The third kappa shape index (κ3) is 9.48. The van der Waals surface area contributed by atoms with Gasteiger partial charge in [0.1, 0.15) is 5.78 Å². The molecule has 0 fully saturated rings. The van der Waals surface area contributed by atoms with Crippen LogP contribution in [0, 0.1) is 5.92 Å². The van der Waals surface area contributed by atoms with Gasteiger partial charge in [-0.05, 0) is 26.7 Å².